The molecule has 5 nitrogen and oxygen atoms in total. The van der Waals surface area contributed by atoms with E-state index in [0.717, 1.165) is 0 Å². The minimum absolute atomic E-state index is 0.0429. The van der Waals surface area contributed by atoms with Gasteiger partial charge in [0.15, 0.2) is 11.5 Å². The molecule has 19 heavy (non-hydrogen) atoms. The van der Waals surface area contributed by atoms with Gasteiger partial charge in [-0.05, 0) is 25.5 Å². The Bertz CT molecular complexity index is 462. The van der Waals surface area contributed by atoms with Crippen molar-refractivity contribution >= 4 is 17.6 Å². The van der Waals surface area contributed by atoms with Crippen molar-refractivity contribution < 1.29 is 19.4 Å². The molecule has 1 aromatic carbocycles. The maximum atomic E-state index is 10.7. The summed E-state index contributed by atoms with van der Waals surface area (Å²) in [4.78, 5) is 10.7. The zero-order valence-corrected chi connectivity index (χ0v) is 11.9. The Kier molecular flexibility index (Phi) is 5.44. The first-order valence-corrected chi connectivity index (χ1v) is 6.24. The first-order valence-electron chi connectivity index (χ1n) is 5.86. The van der Waals surface area contributed by atoms with Crippen LogP contribution in [0.15, 0.2) is 12.1 Å². The summed E-state index contributed by atoms with van der Waals surface area (Å²) >= 11 is 6.09. The van der Waals surface area contributed by atoms with Crippen LogP contribution >= 0.6 is 11.6 Å². The Hall–Kier alpha value is -1.46. The van der Waals surface area contributed by atoms with Gasteiger partial charge in [0.25, 0.3) is 0 Å². The van der Waals surface area contributed by atoms with Crippen molar-refractivity contribution in [2.45, 2.75) is 32.4 Å². The lowest BCUT2D eigenvalue weighted by molar-refractivity contribution is -0.137. The second kappa shape index (κ2) is 6.63. The van der Waals surface area contributed by atoms with Crippen molar-refractivity contribution in [1.29, 1.82) is 0 Å². The molecule has 6 heteroatoms. The van der Waals surface area contributed by atoms with Gasteiger partial charge in [-0.25, -0.2) is 0 Å². The van der Waals surface area contributed by atoms with E-state index in [4.69, 9.17) is 31.9 Å². The largest absolute Gasteiger partial charge is 0.493 e. The van der Waals surface area contributed by atoms with Gasteiger partial charge in [-0.2, -0.15) is 0 Å². The molecule has 0 amide bonds. The molecule has 0 bridgehead atoms. The normalized spacial score (nSPS) is 12.3. The molecule has 1 atom stereocenters. The van der Waals surface area contributed by atoms with Crippen molar-refractivity contribution in [3.63, 3.8) is 0 Å². The smallest absolute Gasteiger partial charge is 0.305 e. The van der Waals surface area contributed by atoms with E-state index >= 15 is 0 Å². The molecule has 0 radical (unpaired) electrons. The average Bonchev–Trinajstić information content (AvgIpc) is 2.29. The number of aliphatic carboxylic acids is 1. The summed E-state index contributed by atoms with van der Waals surface area (Å²) in [5.41, 5.74) is 6.35. The van der Waals surface area contributed by atoms with Crippen LogP contribution in [0.3, 0.4) is 0 Å². The third-order valence-corrected chi connectivity index (χ3v) is 2.77. The standard InChI is InChI=1S/C13H18ClNO4/c1-7(2)19-12-4-8(10(15)6-13(16)17)9(14)5-11(12)18-3/h4-5,7,10H,6,15H2,1-3H3,(H,16,17). The lowest BCUT2D eigenvalue weighted by Gasteiger charge is -2.18. The van der Waals surface area contributed by atoms with Gasteiger partial charge in [-0.1, -0.05) is 11.6 Å². The summed E-state index contributed by atoms with van der Waals surface area (Å²) in [7, 11) is 1.51. The molecule has 0 aliphatic carbocycles. The molecule has 1 rings (SSSR count). The van der Waals surface area contributed by atoms with Crippen LogP contribution in [0.5, 0.6) is 11.5 Å². The topological polar surface area (TPSA) is 81.8 Å². The highest BCUT2D eigenvalue weighted by molar-refractivity contribution is 6.31. The third kappa shape index (κ3) is 4.29. The van der Waals surface area contributed by atoms with E-state index in [2.05, 4.69) is 0 Å². The fourth-order valence-corrected chi connectivity index (χ4v) is 1.93. The van der Waals surface area contributed by atoms with E-state index in [1.165, 1.54) is 7.11 Å². The zero-order valence-electron chi connectivity index (χ0n) is 11.1. The van der Waals surface area contributed by atoms with E-state index in [-0.39, 0.29) is 12.5 Å². The van der Waals surface area contributed by atoms with Crippen LogP contribution < -0.4 is 15.2 Å². The molecule has 0 aliphatic rings. The molecule has 106 valence electrons. The van der Waals surface area contributed by atoms with Gasteiger partial charge in [0.1, 0.15) is 0 Å². The van der Waals surface area contributed by atoms with Crippen LogP contribution in [0.4, 0.5) is 0 Å². The fraction of sp³-hybridized carbons (Fsp3) is 0.462. The lowest BCUT2D eigenvalue weighted by Crippen LogP contribution is -2.16. The average molecular weight is 288 g/mol. The Labute approximate surface area is 117 Å². The van der Waals surface area contributed by atoms with Gasteiger partial charge in [0.05, 0.1) is 19.6 Å². The van der Waals surface area contributed by atoms with Gasteiger partial charge in [-0.3, -0.25) is 4.79 Å². The molecule has 1 unspecified atom stereocenters. The molecule has 0 spiro atoms. The van der Waals surface area contributed by atoms with Gasteiger partial charge < -0.3 is 20.3 Å². The van der Waals surface area contributed by atoms with Crippen molar-refractivity contribution in [3.05, 3.63) is 22.7 Å². The highest BCUT2D eigenvalue weighted by atomic mass is 35.5. The summed E-state index contributed by atoms with van der Waals surface area (Å²) in [5, 5.41) is 9.14. The lowest BCUT2D eigenvalue weighted by atomic mass is 10.0. The van der Waals surface area contributed by atoms with E-state index in [0.29, 0.717) is 22.1 Å². The highest BCUT2D eigenvalue weighted by Gasteiger charge is 2.18. The summed E-state index contributed by atoms with van der Waals surface area (Å²) in [6, 6.07) is 2.52. The van der Waals surface area contributed by atoms with Gasteiger partial charge >= 0.3 is 5.97 Å². The van der Waals surface area contributed by atoms with Gasteiger partial charge in [0, 0.05) is 17.1 Å². The Morgan fingerprint density at radius 3 is 2.53 bits per heavy atom. The Morgan fingerprint density at radius 1 is 1.42 bits per heavy atom. The molecule has 0 saturated carbocycles. The molecular formula is C13H18ClNO4. The van der Waals surface area contributed by atoms with Crippen LogP contribution in [-0.4, -0.2) is 24.3 Å². The third-order valence-electron chi connectivity index (χ3n) is 2.44. The van der Waals surface area contributed by atoms with E-state index < -0.39 is 12.0 Å². The number of benzene rings is 1. The Balaban J connectivity index is 3.14. The maximum Gasteiger partial charge on any atom is 0.305 e. The number of carboxylic acid groups (broad SMARTS) is 1. The van der Waals surface area contributed by atoms with E-state index in [1.807, 2.05) is 13.8 Å². The number of hydrogen-bond acceptors (Lipinski definition) is 4. The molecule has 0 aliphatic heterocycles. The van der Waals surface area contributed by atoms with Crippen molar-refractivity contribution in [2.24, 2.45) is 5.73 Å². The number of hydrogen-bond donors (Lipinski definition) is 2. The van der Waals surface area contributed by atoms with Crippen molar-refractivity contribution in [1.82, 2.24) is 0 Å². The second-order valence-corrected chi connectivity index (χ2v) is 4.80. The molecule has 3 N–H and O–H groups in total. The fourth-order valence-electron chi connectivity index (χ4n) is 1.64. The maximum absolute atomic E-state index is 10.7. The SMILES string of the molecule is COc1cc(Cl)c(C(N)CC(=O)O)cc1OC(C)C. The number of nitrogens with two attached hydrogens (primary N) is 1. The Morgan fingerprint density at radius 2 is 2.05 bits per heavy atom. The molecule has 0 aromatic heterocycles. The summed E-state index contributed by atoms with van der Waals surface area (Å²) < 4.78 is 10.8. The second-order valence-electron chi connectivity index (χ2n) is 4.40. The minimum Gasteiger partial charge on any atom is -0.493 e. The first-order chi connectivity index (χ1) is 8.85. The van der Waals surface area contributed by atoms with Crippen LogP contribution in [0.2, 0.25) is 5.02 Å². The van der Waals surface area contributed by atoms with Crippen molar-refractivity contribution in [2.75, 3.05) is 7.11 Å². The van der Waals surface area contributed by atoms with Crippen LogP contribution in [0.25, 0.3) is 0 Å². The number of halogens is 1. The van der Waals surface area contributed by atoms with Crippen LogP contribution in [-0.2, 0) is 4.79 Å². The quantitative estimate of drug-likeness (QED) is 0.840. The minimum atomic E-state index is -0.981. The number of carbonyl (C=O) groups is 1. The zero-order chi connectivity index (χ0) is 14.6. The number of ether oxygens (including phenoxy) is 2. The summed E-state index contributed by atoms with van der Waals surface area (Å²) in [5.74, 6) is 0.00780. The van der Waals surface area contributed by atoms with E-state index in [1.54, 1.807) is 12.1 Å². The first kappa shape index (κ1) is 15.6. The highest BCUT2D eigenvalue weighted by Crippen LogP contribution is 2.36. The van der Waals surface area contributed by atoms with Crippen molar-refractivity contribution in [3.8, 4) is 11.5 Å². The summed E-state index contributed by atoms with van der Waals surface area (Å²) in [6.07, 6.45) is -0.244. The van der Waals surface area contributed by atoms with Gasteiger partial charge in [-0.15, -0.1) is 0 Å². The predicted molar refractivity (Wildman–Crippen MR) is 72.9 cm³/mol. The monoisotopic (exact) mass is 287 g/mol. The summed E-state index contributed by atoms with van der Waals surface area (Å²) in [6.45, 7) is 3.76. The predicted octanol–water partition coefficient (Wildman–Crippen LogP) is 2.61. The number of carboxylic acids is 1. The molecule has 0 heterocycles. The number of rotatable bonds is 6. The van der Waals surface area contributed by atoms with E-state index in [9.17, 15) is 4.79 Å². The van der Waals surface area contributed by atoms with Crippen LogP contribution in [0, 0.1) is 0 Å². The number of methoxy groups -OCH3 is 1. The molecule has 0 saturated heterocycles. The van der Waals surface area contributed by atoms with Gasteiger partial charge in [0.2, 0.25) is 0 Å². The molecular weight excluding hydrogens is 270 g/mol. The van der Waals surface area contributed by atoms with Crippen LogP contribution in [0.1, 0.15) is 31.9 Å². The molecule has 1 aromatic rings. The molecule has 0 fully saturated rings.